The van der Waals surface area contributed by atoms with E-state index < -0.39 is 0 Å². The van der Waals surface area contributed by atoms with Crippen molar-refractivity contribution < 1.29 is 14.1 Å². The summed E-state index contributed by atoms with van der Waals surface area (Å²) in [5.41, 5.74) is 0.912. The molecular weight excluding hydrogens is 303 g/mol. The highest BCUT2D eigenvalue weighted by atomic mass is 35.5. The summed E-state index contributed by atoms with van der Waals surface area (Å²) in [7, 11) is 1.46. The maximum atomic E-state index is 11.4. The van der Waals surface area contributed by atoms with E-state index in [1.807, 2.05) is 6.07 Å². The molecule has 0 saturated carbocycles. The van der Waals surface area contributed by atoms with Crippen LogP contribution in [0.1, 0.15) is 17.3 Å². The van der Waals surface area contributed by atoms with E-state index in [1.165, 1.54) is 7.11 Å². The second kappa shape index (κ2) is 6.83. The highest BCUT2D eigenvalue weighted by Crippen LogP contribution is 2.23. The Labute approximate surface area is 125 Å². The van der Waals surface area contributed by atoms with Gasteiger partial charge in [0.25, 0.3) is 0 Å². The van der Waals surface area contributed by atoms with Crippen molar-refractivity contribution in [3.05, 3.63) is 45.5 Å². The molecule has 0 aliphatic heterocycles. The summed E-state index contributed by atoms with van der Waals surface area (Å²) in [6.07, 6.45) is 0.529. The molecule has 20 heavy (non-hydrogen) atoms. The average Bonchev–Trinajstić information content (AvgIpc) is 2.81. The van der Waals surface area contributed by atoms with E-state index in [0.29, 0.717) is 22.3 Å². The number of hydrogen-bond donors (Lipinski definition) is 0. The van der Waals surface area contributed by atoms with E-state index in [1.54, 1.807) is 12.1 Å². The van der Waals surface area contributed by atoms with Crippen molar-refractivity contribution in [3.8, 4) is 0 Å². The zero-order valence-electron chi connectivity index (χ0n) is 10.7. The first kappa shape index (κ1) is 15.0. The summed E-state index contributed by atoms with van der Waals surface area (Å²) in [5, 5.41) is 4.79. The van der Waals surface area contributed by atoms with Crippen LogP contribution in [0.4, 0.5) is 0 Å². The lowest BCUT2D eigenvalue weighted by Gasteiger charge is -1.99. The van der Waals surface area contributed by atoms with Crippen LogP contribution in [-0.2, 0) is 22.4 Å². The van der Waals surface area contributed by atoms with Crippen LogP contribution >= 0.6 is 23.2 Å². The number of rotatable bonds is 6. The Balaban J connectivity index is 2.02. The van der Waals surface area contributed by atoms with Crippen LogP contribution in [0.25, 0.3) is 0 Å². The smallest absolute Gasteiger partial charge is 0.234 e. The topological polar surface area (TPSA) is 65.2 Å². The third-order valence-corrected chi connectivity index (χ3v) is 3.25. The molecule has 0 radical (unpaired) electrons. The normalized spacial score (nSPS) is 10.8. The number of halogens is 2. The van der Waals surface area contributed by atoms with Crippen molar-refractivity contribution in [1.82, 2.24) is 10.1 Å². The summed E-state index contributed by atoms with van der Waals surface area (Å²) < 4.78 is 9.75. The molecule has 0 spiro atoms. The predicted molar refractivity (Wildman–Crippen MR) is 74.2 cm³/mol. The second-order valence-corrected chi connectivity index (χ2v) is 4.99. The van der Waals surface area contributed by atoms with E-state index >= 15 is 0 Å². The van der Waals surface area contributed by atoms with Gasteiger partial charge in [-0.05, 0) is 17.7 Å². The zero-order chi connectivity index (χ0) is 14.5. The number of aromatic nitrogens is 2. The molecule has 2 rings (SSSR count). The molecule has 106 valence electrons. The van der Waals surface area contributed by atoms with Gasteiger partial charge in [-0.1, -0.05) is 34.4 Å². The van der Waals surface area contributed by atoms with Gasteiger partial charge >= 0.3 is 0 Å². The highest BCUT2D eigenvalue weighted by Gasteiger charge is 2.12. The Kier molecular flexibility index (Phi) is 5.11. The van der Waals surface area contributed by atoms with E-state index in [2.05, 4.69) is 10.1 Å². The number of ketones is 1. The molecule has 0 aliphatic rings. The molecule has 2 aromatic rings. The molecule has 0 amide bonds. The van der Waals surface area contributed by atoms with Crippen LogP contribution < -0.4 is 0 Å². The van der Waals surface area contributed by atoms with E-state index in [9.17, 15) is 4.79 Å². The van der Waals surface area contributed by atoms with Crippen LogP contribution in [0, 0.1) is 0 Å². The lowest BCUT2D eigenvalue weighted by atomic mass is 10.1. The van der Waals surface area contributed by atoms with Gasteiger partial charge in [0, 0.05) is 13.5 Å². The van der Waals surface area contributed by atoms with Crippen molar-refractivity contribution in [2.24, 2.45) is 0 Å². The maximum Gasteiger partial charge on any atom is 0.234 e. The zero-order valence-corrected chi connectivity index (χ0v) is 12.2. The number of ether oxygens (including phenoxy) is 1. The fourth-order valence-electron chi connectivity index (χ4n) is 1.65. The molecule has 0 unspecified atom stereocenters. The fourth-order valence-corrected chi connectivity index (χ4v) is 1.97. The highest BCUT2D eigenvalue weighted by molar-refractivity contribution is 6.42. The monoisotopic (exact) mass is 314 g/mol. The maximum absolute atomic E-state index is 11.4. The van der Waals surface area contributed by atoms with Crippen LogP contribution in [0.15, 0.2) is 22.7 Å². The fraction of sp³-hybridized carbons (Fsp3) is 0.308. The van der Waals surface area contributed by atoms with Crippen LogP contribution in [-0.4, -0.2) is 29.6 Å². The number of nitrogens with zero attached hydrogens (tertiary/aromatic N) is 2. The third-order valence-electron chi connectivity index (χ3n) is 2.51. The minimum atomic E-state index is -0.114. The molecule has 1 aromatic carbocycles. The predicted octanol–water partition coefficient (Wildman–Crippen LogP) is 2.73. The summed E-state index contributed by atoms with van der Waals surface area (Å²) in [6.45, 7) is 0.0322. The van der Waals surface area contributed by atoms with Gasteiger partial charge in [-0.2, -0.15) is 4.98 Å². The van der Waals surface area contributed by atoms with Crippen LogP contribution in [0.2, 0.25) is 10.0 Å². The number of carbonyl (C=O) groups excluding carboxylic acids is 1. The lowest BCUT2D eigenvalue weighted by Crippen LogP contribution is -2.09. The standard InChI is InChI=1S/C13H12Cl2N2O3/c1-19-7-9(18)6-13-16-12(17-20-13)5-8-2-3-10(14)11(15)4-8/h2-4H,5-7H2,1H3. The van der Waals surface area contributed by atoms with Crippen molar-refractivity contribution in [2.75, 3.05) is 13.7 Å². The molecule has 0 bridgehead atoms. The van der Waals surface area contributed by atoms with Gasteiger partial charge in [-0.15, -0.1) is 0 Å². The van der Waals surface area contributed by atoms with Crippen LogP contribution in [0.3, 0.4) is 0 Å². The van der Waals surface area contributed by atoms with Gasteiger partial charge in [-0.25, -0.2) is 0 Å². The molecule has 0 atom stereocenters. The molecule has 0 fully saturated rings. The third kappa shape index (κ3) is 4.03. The molecule has 0 saturated heterocycles. The Morgan fingerprint density at radius 3 is 2.85 bits per heavy atom. The number of hydrogen-bond acceptors (Lipinski definition) is 5. The van der Waals surface area contributed by atoms with Gasteiger partial charge in [0.2, 0.25) is 5.89 Å². The largest absolute Gasteiger partial charge is 0.377 e. The van der Waals surface area contributed by atoms with Crippen molar-refractivity contribution >= 4 is 29.0 Å². The average molecular weight is 315 g/mol. The number of benzene rings is 1. The van der Waals surface area contributed by atoms with Gasteiger partial charge in [0.15, 0.2) is 11.6 Å². The van der Waals surface area contributed by atoms with Crippen LogP contribution in [0.5, 0.6) is 0 Å². The Morgan fingerprint density at radius 1 is 1.35 bits per heavy atom. The first-order valence-corrected chi connectivity index (χ1v) is 6.60. The quantitative estimate of drug-likeness (QED) is 0.820. The number of Topliss-reactive ketones (excluding diaryl/α,β-unsaturated/α-hetero) is 1. The Morgan fingerprint density at radius 2 is 2.15 bits per heavy atom. The van der Waals surface area contributed by atoms with E-state index in [0.717, 1.165) is 5.56 Å². The molecule has 0 N–H and O–H groups in total. The summed E-state index contributed by atoms with van der Waals surface area (Å²) in [6, 6.07) is 5.29. The molecule has 1 heterocycles. The Bertz CT molecular complexity index is 613. The summed E-state index contributed by atoms with van der Waals surface area (Å²) in [5.74, 6) is 0.656. The van der Waals surface area contributed by atoms with Gasteiger partial charge < -0.3 is 9.26 Å². The minimum Gasteiger partial charge on any atom is -0.377 e. The minimum absolute atomic E-state index is 0.0322. The van der Waals surface area contributed by atoms with Crippen molar-refractivity contribution in [1.29, 1.82) is 0 Å². The first-order valence-electron chi connectivity index (χ1n) is 5.84. The molecule has 5 nitrogen and oxygen atoms in total. The van der Waals surface area contributed by atoms with Crippen molar-refractivity contribution in [2.45, 2.75) is 12.8 Å². The Hall–Kier alpha value is -1.43. The number of carbonyl (C=O) groups is 1. The van der Waals surface area contributed by atoms with Gasteiger partial charge in [-0.3, -0.25) is 4.79 Å². The molecular formula is C13H12Cl2N2O3. The molecule has 7 heteroatoms. The van der Waals surface area contributed by atoms with Gasteiger partial charge in [0.1, 0.15) is 6.61 Å². The SMILES string of the molecule is COCC(=O)Cc1nc(Cc2ccc(Cl)c(Cl)c2)no1. The molecule has 1 aromatic heterocycles. The van der Waals surface area contributed by atoms with E-state index in [4.69, 9.17) is 32.5 Å². The lowest BCUT2D eigenvalue weighted by molar-refractivity contribution is -0.122. The van der Waals surface area contributed by atoms with Gasteiger partial charge in [0.05, 0.1) is 16.5 Å². The number of methoxy groups -OCH3 is 1. The van der Waals surface area contributed by atoms with E-state index in [-0.39, 0.29) is 24.7 Å². The first-order chi connectivity index (χ1) is 9.58. The second-order valence-electron chi connectivity index (χ2n) is 4.18. The summed E-state index contributed by atoms with van der Waals surface area (Å²) >= 11 is 11.8. The molecule has 0 aliphatic carbocycles. The summed E-state index contributed by atoms with van der Waals surface area (Å²) in [4.78, 5) is 15.5. The van der Waals surface area contributed by atoms with Crippen molar-refractivity contribution in [3.63, 3.8) is 0 Å².